The Morgan fingerprint density at radius 3 is 2.60 bits per heavy atom. The lowest BCUT2D eigenvalue weighted by atomic mass is 9.84. The molecule has 55 heavy (non-hydrogen) atoms. The molecule has 15 heteroatoms. The largest absolute Gasteiger partial charge is 0.483 e. The van der Waals surface area contributed by atoms with Gasteiger partial charge in [-0.05, 0) is 89.8 Å². The number of sulfonamides is 1. The molecule has 300 valence electrons. The molecule has 4 heterocycles. The molecule has 6 rings (SSSR count). The van der Waals surface area contributed by atoms with Gasteiger partial charge in [0.25, 0.3) is 5.91 Å². The molecule has 5 atom stereocenters. The normalized spacial score (nSPS) is 28.9. The van der Waals surface area contributed by atoms with Crippen LogP contribution >= 0.6 is 11.6 Å². The van der Waals surface area contributed by atoms with E-state index >= 15 is 0 Å². The number of benzene rings is 1. The second-order valence-electron chi connectivity index (χ2n) is 16.8. The molecule has 13 nitrogen and oxygen atoms in total. The molecular formula is C40H54ClN5O8S. The highest BCUT2D eigenvalue weighted by Gasteiger charge is 2.56. The van der Waals surface area contributed by atoms with Crippen molar-refractivity contribution in [1.82, 2.24) is 25.2 Å². The van der Waals surface area contributed by atoms with Crippen molar-refractivity contribution in [2.45, 2.75) is 134 Å². The fraction of sp³-hybridized carbons (Fsp3) is 0.625. The van der Waals surface area contributed by atoms with Crippen molar-refractivity contribution in [2.75, 3.05) is 13.2 Å². The Kier molecular flexibility index (Phi) is 11.5. The number of allylic oxidation sites excluding steroid dienone is 1. The lowest BCUT2D eigenvalue weighted by Gasteiger charge is -2.36. The third kappa shape index (κ3) is 8.45. The number of amides is 4. The molecule has 1 saturated heterocycles. The topological polar surface area (TPSA) is 173 Å². The zero-order chi connectivity index (χ0) is 39.9. The molecule has 1 aromatic carbocycles. The van der Waals surface area contributed by atoms with E-state index in [1.54, 1.807) is 19.9 Å². The minimum atomic E-state index is -4.03. The summed E-state index contributed by atoms with van der Waals surface area (Å²) in [6, 6.07) is 3.39. The number of nitrogens with one attached hydrogen (secondary N) is 3. The fourth-order valence-electron chi connectivity index (χ4n) is 7.77. The number of ether oxygens (including phenoxy) is 2. The van der Waals surface area contributed by atoms with Gasteiger partial charge in [-0.15, -0.1) is 0 Å². The highest BCUT2D eigenvalue weighted by molar-refractivity contribution is 7.91. The van der Waals surface area contributed by atoms with Gasteiger partial charge in [0.1, 0.15) is 29.0 Å². The van der Waals surface area contributed by atoms with Crippen molar-refractivity contribution in [1.29, 1.82) is 0 Å². The number of carbonyl (C=O) groups is 4. The standard InChI is InChI=1S/C40H54ClN5O8S/c1-24(2)22-53-37(50)43-31-13-11-9-7-8-10-12-25(3)39(6,36(49)45-55(51,52)38(5)18-19-38)44-34(47)32-21-40(23-46(32)35(31)48)17-16-28-29-20-27(41)14-15-30(29)42-26(4)33(28)54-40/h10,12,14-15,20,24-25,31-32H,7-9,11,13,16-19,21-23H2,1-6H3,(H,43,50)(H,44,47)(H,45,49)/b12-10-/t25-,31-,32-,39+,40+/m0/s1. The highest BCUT2D eigenvalue weighted by Crippen LogP contribution is 2.45. The predicted octanol–water partition coefficient (Wildman–Crippen LogP) is 5.64. The number of rotatable bonds is 6. The maximum atomic E-state index is 14.7. The van der Waals surface area contributed by atoms with Crippen molar-refractivity contribution in [3.63, 3.8) is 0 Å². The van der Waals surface area contributed by atoms with Crippen LogP contribution < -0.4 is 20.1 Å². The highest BCUT2D eigenvalue weighted by atomic mass is 35.5. The number of hydrogen-bond donors (Lipinski definition) is 3. The van der Waals surface area contributed by atoms with Crippen LogP contribution in [0.15, 0.2) is 30.4 Å². The second kappa shape index (κ2) is 15.6. The van der Waals surface area contributed by atoms with Gasteiger partial charge in [0.05, 0.1) is 29.1 Å². The summed E-state index contributed by atoms with van der Waals surface area (Å²) in [5.41, 5.74) is -0.338. The number of carbonyl (C=O) groups excluding carboxylic acids is 4. The van der Waals surface area contributed by atoms with Crippen LogP contribution in [0.4, 0.5) is 4.79 Å². The summed E-state index contributed by atoms with van der Waals surface area (Å²) in [6.07, 6.45) is 8.15. The third-order valence-corrected chi connectivity index (χ3v) is 14.2. The van der Waals surface area contributed by atoms with Crippen LogP contribution in [0.25, 0.3) is 10.9 Å². The van der Waals surface area contributed by atoms with Gasteiger partial charge in [-0.2, -0.15) is 0 Å². The average molecular weight is 800 g/mol. The molecule has 1 aromatic heterocycles. The molecule has 1 saturated carbocycles. The smallest absolute Gasteiger partial charge is 0.407 e. The summed E-state index contributed by atoms with van der Waals surface area (Å²) < 4.78 is 40.0. The first-order valence-corrected chi connectivity index (χ1v) is 21.3. The molecule has 0 unspecified atom stereocenters. The van der Waals surface area contributed by atoms with E-state index in [-0.39, 0.29) is 25.5 Å². The van der Waals surface area contributed by atoms with Crippen LogP contribution in [0.1, 0.15) is 104 Å². The van der Waals surface area contributed by atoms with Crippen LogP contribution in [0.5, 0.6) is 5.75 Å². The van der Waals surface area contributed by atoms with Crippen molar-refractivity contribution in [3.05, 3.63) is 46.6 Å². The summed E-state index contributed by atoms with van der Waals surface area (Å²) in [4.78, 5) is 62.7. The van der Waals surface area contributed by atoms with Crippen LogP contribution in [-0.2, 0) is 35.6 Å². The van der Waals surface area contributed by atoms with Gasteiger partial charge < -0.3 is 25.0 Å². The molecule has 2 aromatic rings. The second-order valence-corrected chi connectivity index (χ2v) is 19.4. The molecule has 0 bridgehead atoms. The molecule has 1 aliphatic carbocycles. The molecule has 3 aliphatic heterocycles. The number of aromatic nitrogens is 1. The number of nitrogens with zero attached hydrogens (tertiary/aromatic N) is 2. The van der Waals surface area contributed by atoms with E-state index in [4.69, 9.17) is 26.1 Å². The van der Waals surface area contributed by atoms with Crippen molar-refractivity contribution in [3.8, 4) is 5.75 Å². The van der Waals surface area contributed by atoms with Crippen molar-refractivity contribution in [2.24, 2.45) is 11.8 Å². The average Bonchev–Trinajstić information content (AvgIpc) is 3.79. The SMILES string of the molecule is Cc1nc2ccc(Cl)cc2c2c1O[C@]1(CC2)C[C@H]2C(=O)N[C@@](C)(C(=O)NS(=O)(=O)C3(C)CC3)[C@@H](C)/C=C\CCCCC[C@H](NC(=O)OCC(C)C)C(=O)N2C1. The van der Waals surface area contributed by atoms with Crippen LogP contribution in [0.3, 0.4) is 0 Å². The van der Waals surface area contributed by atoms with Gasteiger partial charge in [-0.3, -0.25) is 19.1 Å². The Morgan fingerprint density at radius 2 is 1.89 bits per heavy atom. The summed E-state index contributed by atoms with van der Waals surface area (Å²) in [7, 11) is -4.03. The lowest BCUT2D eigenvalue weighted by Crippen LogP contribution is -2.64. The first-order chi connectivity index (χ1) is 25.9. The molecule has 3 N–H and O–H groups in total. The minimum Gasteiger partial charge on any atom is -0.483 e. The lowest BCUT2D eigenvalue weighted by molar-refractivity contribution is -0.142. The molecule has 2 fully saturated rings. The molecule has 4 aliphatic rings. The number of alkyl carbamates (subject to hydrolysis) is 1. The van der Waals surface area contributed by atoms with E-state index in [9.17, 15) is 27.6 Å². The van der Waals surface area contributed by atoms with Gasteiger partial charge in [-0.25, -0.2) is 18.2 Å². The fourth-order valence-corrected chi connectivity index (χ4v) is 9.28. The quantitative estimate of drug-likeness (QED) is 0.313. The number of hydrogen-bond acceptors (Lipinski definition) is 9. The Balaban J connectivity index is 1.37. The number of aryl methyl sites for hydroxylation is 2. The Morgan fingerprint density at radius 1 is 1.15 bits per heavy atom. The van der Waals surface area contributed by atoms with Gasteiger partial charge >= 0.3 is 6.09 Å². The minimum absolute atomic E-state index is 0.0285. The third-order valence-electron chi connectivity index (χ3n) is 11.8. The van der Waals surface area contributed by atoms with Crippen molar-refractivity contribution < 1.29 is 37.1 Å². The summed E-state index contributed by atoms with van der Waals surface area (Å²) in [6.45, 7) is 10.7. The Labute approximate surface area is 328 Å². The van der Waals surface area contributed by atoms with Gasteiger partial charge in [0, 0.05) is 28.3 Å². The van der Waals surface area contributed by atoms with E-state index in [1.807, 2.05) is 45.1 Å². The zero-order valence-electron chi connectivity index (χ0n) is 32.6. The maximum absolute atomic E-state index is 14.7. The molecular weight excluding hydrogens is 746 g/mol. The van der Waals surface area contributed by atoms with E-state index in [1.165, 1.54) is 11.8 Å². The van der Waals surface area contributed by atoms with Crippen molar-refractivity contribution >= 4 is 56.3 Å². The zero-order valence-corrected chi connectivity index (χ0v) is 34.2. The van der Waals surface area contributed by atoms with Gasteiger partial charge in [0.15, 0.2) is 0 Å². The first kappa shape index (κ1) is 40.7. The number of fused-ring (bicyclic) bond motifs is 4. The van der Waals surface area contributed by atoms with Crippen LogP contribution in [0, 0.1) is 18.8 Å². The van der Waals surface area contributed by atoms with Gasteiger partial charge in [-0.1, -0.05) is 57.4 Å². The Bertz CT molecular complexity index is 2000. The van der Waals surface area contributed by atoms with Gasteiger partial charge in [0.2, 0.25) is 21.8 Å². The molecule has 4 amide bonds. The van der Waals surface area contributed by atoms with E-state index in [0.29, 0.717) is 61.4 Å². The van der Waals surface area contributed by atoms with Crippen LogP contribution in [0.2, 0.25) is 5.02 Å². The summed E-state index contributed by atoms with van der Waals surface area (Å²) in [5, 5.41) is 7.13. The maximum Gasteiger partial charge on any atom is 0.407 e. The predicted molar refractivity (Wildman–Crippen MR) is 209 cm³/mol. The number of halogens is 1. The number of pyridine rings is 1. The Hall–Kier alpha value is -3.91. The summed E-state index contributed by atoms with van der Waals surface area (Å²) >= 11 is 6.39. The summed E-state index contributed by atoms with van der Waals surface area (Å²) in [5.74, 6) is -1.93. The van der Waals surface area contributed by atoms with E-state index < -0.39 is 67.7 Å². The molecule has 0 radical (unpaired) electrons. The monoisotopic (exact) mass is 799 g/mol. The van der Waals surface area contributed by atoms with E-state index in [2.05, 4.69) is 15.4 Å². The van der Waals surface area contributed by atoms with E-state index in [0.717, 1.165) is 29.3 Å². The molecule has 1 spiro atoms. The van der Waals surface area contributed by atoms with Crippen LogP contribution in [-0.4, -0.2) is 83.2 Å². The first-order valence-electron chi connectivity index (χ1n) is 19.4.